The number of rotatable bonds is 8. The van der Waals surface area contributed by atoms with Gasteiger partial charge in [-0.3, -0.25) is 4.31 Å². The molecule has 0 saturated heterocycles. The lowest BCUT2D eigenvalue weighted by Crippen LogP contribution is -2.31. The van der Waals surface area contributed by atoms with Crippen molar-refractivity contribution in [2.75, 3.05) is 10.9 Å². The van der Waals surface area contributed by atoms with Gasteiger partial charge in [0.15, 0.2) is 0 Å². The topological polar surface area (TPSA) is 72.6 Å². The van der Waals surface area contributed by atoms with Crippen molar-refractivity contribution in [3.63, 3.8) is 0 Å². The molecule has 0 radical (unpaired) electrons. The number of para-hydroxylation sites is 2. The van der Waals surface area contributed by atoms with Crippen LogP contribution < -0.4 is 9.04 Å². The molecule has 0 atom stereocenters. The highest BCUT2D eigenvalue weighted by Crippen LogP contribution is 2.34. The van der Waals surface area contributed by atoms with Crippen molar-refractivity contribution in [2.24, 2.45) is 0 Å². The van der Waals surface area contributed by atoms with Crippen LogP contribution in [0.2, 0.25) is 0 Å². The molecular formula is C25H24N2O4S. The van der Waals surface area contributed by atoms with E-state index in [1.807, 2.05) is 43.3 Å². The molecule has 0 spiro atoms. The van der Waals surface area contributed by atoms with Gasteiger partial charge in [0, 0.05) is 5.56 Å². The third-order valence-corrected chi connectivity index (χ3v) is 6.75. The summed E-state index contributed by atoms with van der Waals surface area (Å²) >= 11 is 0. The SMILES string of the molecule is CCOc1ccccc1N(Cc1nc(-c2ccccc2)oc1C)S(=O)(=O)c1ccccc1. The summed E-state index contributed by atoms with van der Waals surface area (Å²) in [7, 11) is -3.89. The number of ether oxygens (including phenoxy) is 1. The number of benzene rings is 3. The summed E-state index contributed by atoms with van der Waals surface area (Å²) in [6.45, 7) is 4.07. The fourth-order valence-corrected chi connectivity index (χ4v) is 4.83. The summed E-state index contributed by atoms with van der Waals surface area (Å²) < 4.78 is 40.3. The van der Waals surface area contributed by atoms with E-state index < -0.39 is 10.0 Å². The first-order chi connectivity index (χ1) is 15.5. The van der Waals surface area contributed by atoms with Gasteiger partial charge in [-0.1, -0.05) is 48.5 Å². The van der Waals surface area contributed by atoms with Crippen LogP contribution in [-0.2, 0) is 16.6 Å². The summed E-state index contributed by atoms with van der Waals surface area (Å²) in [4.78, 5) is 4.81. The molecule has 0 unspecified atom stereocenters. The van der Waals surface area contributed by atoms with Crippen molar-refractivity contribution < 1.29 is 17.6 Å². The number of aromatic nitrogens is 1. The van der Waals surface area contributed by atoms with Crippen LogP contribution in [0.4, 0.5) is 5.69 Å². The Hall–Kier alpha value is -3.58. The molecule has 7 heteroatoms. The molecule has 4 rings (SSSR count). The number of hydrogen-bond donors (Lipinski definition) is 0. The Labute approximate surface area is 188 Å². The number of aryl methyl sites for hydroxylation is 1. The molecule has 1 heterocycles. The Kier molecular flexibility index (Phi) is 6.28. The molecule has 0 amide bonds. The average molecular weight is 449 g/mol. The highest BCUT2D eigenvalue weighted by Gasteiger charge is 2.29. The van der Waals surface area contributed by atoms with Gasteiger partial charge >= 0.3 is 0 Å². The van der Waals surface area contributed by atoms with Gasteiger partial charge in [-0.25, -0.2) is 13.4 Å². The Balaban J connectivity index is 1.80. The van der Waals surface area contributed by atoms with Crippen LogP contribution in [-0.4, -0.2) is 20.0 Å². The van der Waals surface area contributed by atoms with Crippen LogP contribution in [0.15, 0.2) is 94.2 Å². The summed E-state index contributed by atoms with van der Waals surface area (Å²) in [6, 6.07) is 25.0. The molecule has 0 aliphatic rings. The molecule has 4 aromatic rings. The largest absolute Gasteiger partial charge is 0.492 e. The van der Waals surface area contributed by atoms with E-state index in [1.54, 1.807) is 55.5 Å². The Morgan fingerprint density at radius 3 is 2.22 bits per heavy atom. The lowest BCUT2D eigenvalue weighted by atomic mass is 10.2. The third-order valence-electron chi connectivity index (χ3n) is 4.97. The summed E-state index contributed by atoms with van der Waals surface area (Å²) in [5, 5.41) is 0. The van der Waals surface area contributed by atoms with E-state index in [4.69, 9.17) is 9.15 Å². The van der Waals surface area contributed by atoms with E-state index in [9.17, 15) is 8.42 Å². The molecule has 0 fully saturated rings. The number of hydrogen-bond acceptors (Lipinski definition) is 5. The number of anilines is 1. The standard InChI is InChI=1S/C25H24N2O4S/c1-3-30-24-17-11-10-16-23(24)27(32(28,29)21-14-8-5-9-15-21)18-22-19(2)31-25(26-22)20-12-6-4-7-13-20/h4-17H,3,18H2,1-2H3. The number of sulfonamides is 1. The highest BCUT2D eigenvalue weighted by molar-refractivity contribution is 7.92. The molecule has 6 nitrogen and oxygen atoms in total. The van der Waals surface area contributed by atoms with Gasteiger partial charge in [-0.2, -0.15) is 0 Å². The van der Waals surface area contributed by atoms with Crippen molar-refractivity contribution in [1.82, 2.24) is 4.98 Å². The predicted molar refractivity (Wildman–Crippen MR) is 124 cm³/mol. The molecule has 0 aliphatic carbocycles. The van der Waals surface area contributed by atoms with E-state index in [0.29, 0.717) is 35.4 Å². The lowest BCUT2D eigenvalue weighted by Gasteiger charge is -2.25. The Bertz CT molecular complexity index is 1290. The normalized spacial score (nSPS) is 11.3. The predicted octanol–water partition coefficient (Wildman–Crippen LogP) is 5.44. The van der Waals surface area contributed by atoms with E-state index in [0.717, 1.165) is 5.56 Å². The van der Waals surface area contributed by atoms with Crippen LogP contribution in [0.25, 0.3) is 11.5 Å². The average Bonchev–Trinajstić information content (AvgIpc) is 3.19. The van der Waals surface area contributed by atoms with Crippen molar-refractivity contribution in [1.29, 1.82) is 0 Å². The fourth-order valence-electron chi connectivity index (χ4n) is 3.38. The van der Waals surface area contributed by atoms with E-state index in [1.165, 1.54) is 4.31 Å². The van der Waals surface area contributed by atoms with Crippen LogP contribution in [0.1, 0.15) is 18.4 Å². The lowest BCUT2D eigenvalue weighted by molar-refractivity contribution is 0.341. The maximum absolute atomic E-state index is 13.7. The van der Waals surface area contributed by atoms with Crippen molar-refractivity contribution in [2.45, 2.75) is 25.3 Å². The van der Waals surface area contributed by atoms with Crippen molar-refractivity contribution in [3.05, 3.63) is 96.4 Å². The first-order valence-electron chi connectivity index (χ1n) is 10.3. The zero-order chi connectivity index (χ0) is 22.6. The monoisotopic (exact) mass is 448 g/mol. The molecule has 0 N–H and O–H groups in total. The fraction of sp³-hybridized carbons (Fsp3) is 0.160. The van der Waals surface area contributed by atoms with Gasteiger partial charge in [-0.15, -0.1) is 0 Å². The van der Waals surface area contributed by atoms with Gasteiger partial charge < -0.3 is 9.15 Å². The van der Waals surface area contributed by atoms with E-state index in [2.05, 4.69) is 4.98 Å². The molecule has 0 bridgehead atoms. The summed E-state index contributed by atoms with van der Waals surface area (Å²) in [6.07, 6.45) is 0. The maximum Gasteiger partial charge on any atom is 0.264 e. The zero-order valence-electron chi connectivity index (χ0n) is 17.9. The summed E-state index contributed by atoms with van der Waals surface area (Å²) in [5.41, 5.74) is 1.81. The minimum Gasteiger partial charge on any atom is -0.492 e. The van der Waals surface area contributed by atoms with Crippen molar-refractivity contribution >= 4 is 15.7 Å². The van der Waals surface area contributed by atoms with Crippen LogP contribution in [0.5, 0.6) is 5.75 Å². The van der Waals surface area contributed by atoms with Gasteiger partial charge in [-0.05, 0) is 50.2 Å². The highest BCUT2D eigenvalue weighted by atomic mass is 32.2. The van der Waals surface area contributed by atoms with Crippen LogP contribution >= 0.6 is 0 Å². The summed E-state index contributed by atoms with van der Waals surface area (Å²) in [5.74, 6) is 1.50. The molecule has 164 valence electrons. The van der Waals surface area contributed by atoms with Crippen molar-refractivity contribution in [3.8, 4) is 17.2 Å². The molecule has 32 heavy (non-hydrogen) atoms. The third kappa shape index (κ3) is 4.38. The second-order valence-corrected chi connectivity index (χ2v) is 8.98. The second-order valence-electron chi connectivity index (χ2n) is 7.11. The second kappa shape index (κ2) is 9.28. The molecule has 1 aromatic heterocycles. The number of nitrogens with zero attached hydrogens (tertiary/aromatic N) is 2. The van der Waals surface area contributed by atoms with Crippen LogP contribution in [0, 0.1) is 6.92 Å². The first-order valence-corrected chi connectivity index (χ1v) is 11.8. The zero-order valence-corrected chi connectivity index (χ0v) is 18.7. The van der Waals surface area contributed by atoms with Gasteiger partial charge in [0.25, 0.3) is 10.0 Å². The van der Waals surface area contributed by atoms with E-state index in [-0.39, 0.29) is 11.4 Å². The number of oxazole rings is 1. The Morgan fingerprint density at radius 2 is 1.53 bits per heavy atom. The molecule has 0 aliphatic heterocycles. The maximum atomic E-state index is 13.7. The first kappa shape index (κ1) is 21.6. The van der Waals surface area contributed by atoms with Gasteiger partial charge in [0.2, 0.25) is 5.89 Å². The molecule has 0 saturated carbocycles. The molecule has 3 aromatic carbocycles. The van der Waals surface area contributed by atoms with Crippen LogP contribution in [0.3, 0.4) is 0 Å². The minimum absolute atomic E-state index is 0.00345. The quantitative estimate of drug-likeness (QED) is 0.359. The molecular weight excluding hydrogens is 424 g/mol. The minimum atomic E-state index is -3.89. The smallest absolute Gasteiger partial charge is 0.264 e. The van der Waals surface area contributed by atoms with Gasteiger partial charge in [0.1, 0.15) is 17.2 Å². The van der Waals surface area contributed by atoms with Gasteiger partial charge in [0.05, 0.1) is 23.7 Å². The Morgan fingerprint density at radius 1 is 0.906 bits per heavy atom. The van der Waals surface area contributed by atoms with E-state index >= 15 is 0 Å².